The van der Waals surface area contributed by atoms with Crippen molar-refractivity contribution in [3.05, 3.63) is 53.0 Å². The summed E-state index contributed by atoms with van der Waals surface area (Å²) < 4.78 is 55.3. The van der Waals surface area contributed by atoms with E-state index in [1.807, 2.05) is 0 Å². The van der Waals surface area contributed by atoms with Crippen LogP contribution in [-0.2, 0) is 13.0 Å². The lowest BCUT2D eigenvalue weighted by Crippen LogP contribution is -2.25. The van der Waals surface area contributed by atoms with Crippen LogP contribution in [-0.4, -0.2) is 30.2 Å². The van der Waals surface area contributed by atoms with Gasteiger partial charge in [0.1, 0.15) is 5.82 Å². The van der Waals surface area contributed by atoms with Crippen molar-refractivity contribution in [3.63, 3.8) is 0 Å². The van der Waals surface area contributed by atoms with E-state index in [1.165, 1.54) is 12.1 Å². The van der Waals surface area contributed by atoms with E-state index >= 15 is 0 Å². The van der Waals surface area contributed by atoms with E-state index in [0.717, 1.165) is 17.8 Å². The first-order valence-corrected chi connectivity index (χ1v) is 7.81. The molecule has 2 N–H and O–H groups in total. The number of hydrogen-bond donors (Lipinski definition) is 2. The zero-order valence-corrected chi connectivity index (χ0v) is 14.7. The average Bonchev–Trinajstić information content (AvgIpc) is 2.62. The van der Waals surface area contributed by atoms with Gasteiger partial charge < -0.3 is 15.4 Å². The minimum absolute atomic E-state index is 0. The van der Waals surface area contributed by atoms with Crippen LogP contribution >= 0.6 is 12.4 Å². The Kier molecular flexibility index (Phi) is 6.61. The van der Waals surface area contributed by atoms with E-state index < -0.39 is 24.5 Å². The van der Waals surface area contributed by atoms with Crippen LogP contribution in [0.25, 0.3) is 0 Å². The summed E-state index contributed by atoms with van der Waals surface area (Å²) in [5, 5.41) is 5.59. The van der Waals surface area contributed by atoms with Crippen molar-refractivity contribution >= 4 is 24.0 Å². The highest BCUT2D eigenvalue weighted by molar-refractivity contribution is 6.04. The summed E-state index contributed by atoms with van der Waals surface area (Å²) >= 11 is 0. The third kappa shape index (κ3) is 5.30. The SMILES string of the molecule is Cl.O=C(Nc1ccc2c(c1F)CCNC2)c1ccc(OCC(F)(F)F)nc1. The fraction of sp³-hybridized carbons (Fsp3) is 0.294. The number of fused-ring (bicyclic) bond motifs is 1. The molecule has 0 saturated heterocycles. The minimum Gasteiger partial charge on any atom is -0.468 e. The van der Waals surface area contributed by atoms with Gasteiger partial charge in [0.05, 0.1) is 11.3 Å². The quantitative estimate of drug-likeness (QED) is 0.764. The number of anilines is 1. The minimum atomic E-state index is -4.47. The summed E-state index contributed by atoms with van der Waals surface area (Å²) in [6.07, 6.45) is -2.88. The van der Waals surface area contributed by atoms with Crippen LogP contribution < -0.4 is 15.4 Å². The molecule has 0 saturated carbocycles. The molecular formula is C17H16ClF4N3O2. The number of rotatable bonds is 4. The van der Waals surface area contributed by atoms with Gasteiger partial charge in [0, 0.05) is 18.8 Å². The molecule has 1 aromatic heterocycles. The Labute approximate surface area is 158 Å². The molecule has 10 heteroatoms. The highest BCUT2D eigenvalue weighted by atomic mass is 35.5. The number of benzene rings is 1. The fourth-order valence-corrected chi connectivity index (χ4v) is 2.58. The molecule has 0 fully saturated rings. The lowest BCUT2D eigenvalue weighted by Gasteiger charge is -2.19. The van der Waals surface area contributed by atoms with Crippen LogP contribution in [0.15, 0.2) is 30.5 Å². The predicted octanol–water partition coefficient (Wildman–Crippen LogP) is 3.48. The number of alkyl halides is 3. The molecular weight excluding hydrogens is 390 g/mol. The van der Waals surface area contributed by atoms with E-state index in [9.17, 15) is 22.4 Å². The fourth-order valence-electron chi connectivity index (χ4n) is 2.58. The van der Waals surface area contributed by atoms with Gasteiger partial charge in [0.25, 0.3) is 5.91 Å². The average molecular weight is 406 g/mol. The van der Waals surface area contributed by atoms with Crippen LogP contribution in [0.5, 0.6) is 5.88 Å². The molecule has 1 aliphatic heterocycles. The van der Waals surface area contributed by atoms with Crippen molar-refractivity contribution in [1.82, 2.24) is 10.3 Å². The third-order valence-corrected chi connectivity index (χ3v) is 3.84. The van der Waals surface area contributed by atoms with Gasteiger partial charge in [0.15, 0.2) is 6.61 Å². The zero-order valence-electron chi connectivity index (χ0n) is 13.9. The molecule has 0 aliphatic carbocycles. The number of nitrogens with one attached hydrogen (secondary N) is 2. The van der Waals surface area contributed by atoms with Gasteiger partial charge in [-0.05, 0) is 36.2 Å². The van der Waals surface area contributed by atoms with Crippen LogP contribution in [0.2, 0.25) is 0 Å². The molecule has 0 atom stereocenters. The first kappa shape index (κ1) is 20.9. The van der Waals surface area contributed by atoms with E-state index in [2.05, 4.69) is 20.4 Å². The number of halogens is 5. The molecule has 146 valence electrons. The summed E-state index contributed by atoms with van der Waals surface area (Å²) in [4.78, 5) is 15.9. The molecule has 1 aliphatic rings. The molecule has 0 unspecified atom stereocenters. The summed E-state index contributed by atoms with van der Waals surface area (Å²) in [7, 11) is 0. The molecule has 2 aromatic rings. The lowest BCUT2D eigenvalue weighted by molar-refractivity contribution is -0.154. The van der Waals surface area contributed by atoms with E-state index in [1.54, 1.807) is 6.07 Å². The summed E-state index contributed by atoms with van der Waals surface area (Å²) in [5.74, 6) is -1.35. The van der Waals surface area contributed by atoms with Crippen molar-refractivity contribution in [2.24, 2.45) is 0 Å². The van der Waals surface area contributed by atoms with E-state index in [4.69, 9.17) is 0 Å². The maximum absolute atomic E-state index is 14.5. The molecule has 1 amide bonds. The normalized spacial score (nSPS) is 13.3. The molecule has 5 nitrogen and oxygen atoms in total. The highest BCUT2D eigenvalue weighted by Gasteiger charge is 2.28. The molecule has 27 heavy (non-hydrogen) atoms. The Morgan fingerprint density at radius 2 is 2.04 bits per heavy atom. The zero-order chi connectivity index (χ0) is 18.7. The Balaban J connectivity index is 0.00000261. The van der Waals surface area contributed by atoms with Crippen LogP contribution in [0.1, 0.15) is 21.5 Å². The van der Waals surface area contributed by atoms with Gasteiger partial charge in [-0.2, -0.15) is 13.2 Å². The second-order valence-corrected chi connectivity index (χ2v) is 5.73. The van der Waals surface area contributed by atoms with Gasteiger partial charge >= 0.3 is 6.18 Å². The molecule has 2 heterocycles. The van der Waals surface area contributed by atoms with Gasteiger partial charge in [-0.3, -0.25) is 4.79 Å². The van der Waals surface area contributed by atoms with Crippen LogP contribution in [0.3, 0.4) is 0 Å². The highest BCUT2D eigenvalue weighted by Crippen LogP contribution is 2.25. The van der Waals surface area contributed by atoms with Crippen molar-refractivity contribution in [2.75, 3.05) is 18.5 Å². The van der Waals surface area contributed by atoms with Crippen LogP contribution in [0.4, 0.5) is 23.2 Å². The molecule has 0 bridgehead atoms. The summed E-state index contributed by atoms with van der Waals surface area (Å²) in [5.41, 5.74) is 1.53. The molecule has 1 aromatic carbocycles. The third-order valence-electron chi connectivity index (χ3n) is 3.84. The maximum atomic E-state index is 14.5. The van der Waals surface area contributed by atoms with Gasteiger partial charge in [-0.1, -0.05) is 6.07 Å². The number of pyridine rings is 1. The first-order chi connectivity index (χ1) is 12.3. The Morgan fingerprint density at radius 1 is 1.26 bits per heavy atom. The van der Waals surface area contributed by atoms with Crippen molar-refractivity contribution in [3.8, 4) is 5.88 Å². The molecule has 3 rings (SSSR count). The number of aromatic nitrogens is 1. The topological polar surface area (TPSA) is 63.2 Å². The standard InChI is InChI=1S/C17H15F4N3O2.ClH/c18-15-12-5-6-22-7-10(12)1-3-13(15)24-16(25)11-2-4-14(23-8-11)26-9-17(19,20)21;/h1-4,8,22H,5-7,9H2,(H,24,25);1H. The Morgan fingerprint density at radius 3 is 2.70 bits per heavy atom. The second kappa shape index (κ2) is 8.53. The van der Waals surface area contributed by atoms with E-state index in [-0.39, 0.29) is 29.5 Å². The van der Waals surface area contributed by atoms with Crippen molar-refractivity contribution < 1.29 is 27.1 Å². The van der Waals surface area contributed by atoms with Crippen molar-refractivity contribution in [1.29, 1.82) is 0 Å². The number of ether oxygens (including phenoxy) is 1. The Bertz CT molecular complexity index is 813. The number of carbonyl (C=O) groups excluding carboxylic acids is 1. The number of amides is 1. The first-order valence-electron chi connectivity index (χ1n) is 7.81. The molecule has 0 radical (unpaired) electrons. The van der Waals surface area contributed by atoms with Crippen LogP contribution in [0, 0.1) is 5.82 Å². The van der Waals surface area contributed by atoms with E-state index in [0.29, 0.717) is 25.1 Å². The van der Waals surface area contributed by atoms with Gasteiger partial charge in [0.2, 0.25) is 5.88 Å². The maximum Gasteiger partial charge on any atom is 0.422 e. The van der Waals surface area contributed by atoms with Gasteiger partial charge in [-0.15, -0.1) is 12.4 Å². The largest absolute Gasteiger partial charge is 0.468 e. The second-order valence-electron chi connectivity index (χ2n) is 5.73. The lowest BCUT2D eigenvalue weighted by atomic mass is 9.99. The summed E-state index contributed by atoms with van der Waals surface area (Å²) in [6.45, 7) is -0.241. The van der Waals surface area contributed by atoms with Gasteiger partial charge in [-0.25, -0.2) is 9.37 Å². The summed E-state index contributed by atoms with van der Waals surface area (Å²) in [6, 6.07) is 5.63. The smallest absolute Gasteiger partial charge is 0.422 e. The number of carbonyl (C=O) groups is 1. The number of nitrogens with zero attached hydrogens (tertiary/aromatic N) is 1. The van der Waals surface area contributed by atoms with Crippen molar-refractivity contribution in [2.45, 2.75) is 19.1 Å². The monoisotopic (exact) mass is 405 g/mol. The Hall–Kier alpha value is -2.39. The number of hydrogen-bond acceptors (Lipinski definition) is 4. The molecule has 0 spiro atoms. The predicted molar refractivity (Wildman–Crippen MR) is 92.8 cm³/mol.